The van der Waals surface area contributed by atoms with Gasteiger partial charge in [0.15, 0.2) is 11.5 Å². The molecule has 0 aliphatic carbocycles. The van der Waals surface area contributed by atoms with E-state index in [0.717, 1.165) is 0 Å². The molecule has 0 aromatic heterocycles. The van der Waals surface area contributed by atoms with Gasteiger partial charge in [-0.2, -0.15) is 8.78 Å². The number of hydrogen-bond acceptors (Lipinski definition) is 5. The van der Waals surface area contributed by atoms with E-state index in [9.17, 15) is 13.6 Å². The zero-order chi connectivity index (χ0) is 16.2. The lowest BCUT2D eigenvalue weighted by molar-refractivity contribution is -0.174. The second kappa shape index (κ2) is 6.91. The van der Waals surface area contributed by atoms with Crippen molar-refractivity contribution in [2.45, 2.75) is 18.9 Å². The number of rotatable bonds is 6. The van der Waals surface area contributed by atoms with Crippen LogP contribution in [-0.2, 0) is 9.53 Å². The SMILES string of the molecule is CCOC(=O)C(F)(F)[C@H](N)c1ccc(OC)c(OC)c1Cl. The van der Waals surface area contributed by atoms with Crippen molar-refractivity contribution >= 4 is 17.6 Å². The van der Waals surface area contributed by atoms with Crippen molar-refractivity contribution in [3.63, 3.8) is 0 Å². The first-order chi connectivity index (χ1) is 9.81. The van der Waals surface area contributed by atoms with Crippen LogP contribution in [0.3, 0.4) is 0 Å². The van der Waals surface area contributed by atoms with Crippen molar-refractivity contribution in [1.29, 1.82) is 0 Å². The van der Waals surface area contributed by atoms with E-state index in [1.165, 1.54) is 33.3 Å². The predicted molar refractivity (Wildman–Crippen MR) is 73.1 cm³/mol. The van der Waals surface area contributed by atoms with E-state index in [1.54, 1.807) is 0 Å². The van der Waals surface area contributed by atoms with Crippen LogP contribution in [0, 0.1) is 0 Å². The Morgan fingerprint density at radius 3 is 2.48 bits per heavy atom. The number of alkyl halides is 2. The van der Waals surface area contributed by atoms with Crippen molar-refractivity contribution in [3.05, 3.63) is 22.7 Å². The number of ether oxygens (including phenoxy) is 3. The summed E-state index contributed by atoms with van der Waals surface area (Å²) in [5, 5.41) is -0.145. The summed E-state index contributed by atoms with van der Waals surface area (Å²) in [6.45, 7) is 1.24. The third-order valence-electron chi connectivity index (χ3n) is 2.79. The van der Waals surface area contributed by atoms with E-state index in [-0.39, 0.29) is 28.7 Å². The monoisotopic (exact) mass is 323 g/mol. The van der Waals surface area contributed by atoms with E-state index in [4.69, 9.17) is 26.8 Å². The average Bonchev–Trinajstić information content (AvgIpc) is 2.46. The number of carbonyl (C=O) groups is 1. The third-order valence-corrected chi connectivity index (χ3v) is 3.18. The van der Waals surface area contributed by atoms with Crippen molar-refractivity contribution < 1.29 is 27.8 Å². The molecule has 0 saturated carbocycles. The quantitative estimate of drug-likeness (QED) is 0.815. The second-order valence-electron chi connectivity index (χ2n) is 4.03. The molecule has 1 rings (SSSR count). The molecule has 0 bridgehead atoms. The molecule has 0 radical (unpaired) electrons. The molecule has 2 N–H and O–H groups in total. The number of nitrogens with two attached hydrogens (primary N) is 1. The van der Waals surface area contributed by atoms with Crippen LogP contribution in [0.25, 0.3) is 0 Å². The van der Waals surface area contributed by atoms with Crippen molar-refractivity contribution in [2.24, 2.45) is 5.73 Å². The standard InChI is InChI=1S/C13H16ClF2NO4/c1-4-21-12(18)13(15,16)11(17)7-5-6-8(19-2)10(20-3)9(7)14/h5-6,11H,4,17H2,1-3H3/t11-/m1/s1. The number of carbonyl (C=O) groups excluding carboxylic acids is 1. The highest BCUT2D eigenvalue weighted by Crippen LogP contribution is 2.42. The van der Waals surface area contributed by atoms with Crippen LogP contribution in [-0.4, -0.2) is 32.7 Å². The molecule has 0 amide bonds. The lowest BCUT2D eigenvalue weighted by atomic mass is 10.0. The van der Waals surface area contributed by atoms with Gasteiger partial charge < -0.3 is 19.9 Å². The Morgan fingerprint density at radius 1 is 1.38 bits per heavy atom. The molecule has 1 atom stereocenters. The molecule has 0 aliphatic heterocycles. The first-order valence-electron chi connectivity index (χ1n) is 6.02. The van der Waals surface area contributed by atoms with Gasteiger partial charge >= 0.3 is 11.9 Å². The smallest absolute Gasteiger partial charge is 0.379 e. The molecule has 8 heteroatoms. The Labute approximate surface area is 125 Å². The maximum Gasteiger partial charge on any atom is 0.379 e. The van der Waals surface area contributed by atoms with Gasteiger partial charge in [-0.1, -0.05) is 17.7 Å². The van der Waals surface area contributed by atoms with Crippen molar-refractivity contribution in [2.75, 3.05) is 20.8 Å². The van der Waals surface area contributed by atoms with Crippen molar-refractivity contribution in [1.82, 2.24) is 0 Å². The molecular weight excluding hydrogens is 308 g/mol. The number of halogens is 3. The van der Waals surface area contributed by atoms with Gasteiger partial charge in [-0.15, -0.1) is 0 Å². The van der Waals surface area contributed by atoms with Gasteiger partial charge in [-0.05, 0) is 18.6 Å². The predicted octanol–water partition coefficient (Wildman–Crippen LogP) is 2.56. The van der Waals surface area contributed by atoms with Gasteiger partial charge in [0.25, 0.3) is 0 Å². The zero-order valence-corrected chi connectivity index (χ0v) is 12.5. The molecule has 0 heterocycles. The van der Waals surface area contributed by atoms with Gasteiger partial charge in [0.1, 0.15) is 6.04 Å². The summed E-state index contributed by atoms with van der Waals surface area (Å²) < 4.78 is 42.2. The Hall–Kier alpha value is -1.60. The number of hydrogen-bond donors (Lipinski definition) is 1. The highest BCUT2D eigenvalue weighted by atomic mass is 35.5. The van der Waals surface area contributed by atoms with Crippen LogP contribution in [0.1, 0.15) is 18.5 Å². The highest BCUT2D eigenvalue weighted by Gasteiger charge is 2.48. The Kier molecular flexibility index (Phi) is 5.74. The molecule has 1 aromatic carbocycles. The average molecular weight is 324 g/mol. The molecule has 0 fully saturated rings. The molecular formula is C13H16ClF2NO4. The molecule has 118 valence electrons. The van der Waals surface area contributed by atoms with Crippen LogP contribution < -0.4 is 15.2 Å². The van der Waals surface area contributed by atoms with E-state index in [2.05, 4.69) is 4.74 Å². The molecule has 0 unspecified atom stereocenters. The summed E-state index contributed by atoms with van der Waals surface area (Å²) in [6.07, 6.45) is 0. The Morgan fingerprint density at radius 2 is 2.00 bits per heavy atom. The minimum absolute atomic E-state index is 0.0618. The van der Waals surface area contributed by atoms with Gasteiger partial charge in [0.05, 0.1) is 25.8 Å². The van der Waals surface area contributed by atoms with E-state index < -0.39 is 17.9 Å². The maximum atomic E-state index is 14.0. The minimum atomic E-state index is -3.92. The molecule has 21 heavy (non-hydrogen) atoms. The first kappa shape index (κ1) is 17.5. The lowest BCUT2D eigenvalue weighted by Crippen LogP contribution is -2.41. The van der Waals surface area contributed by atoms with Crippen LogP contribution in [0.4, 0.5) is 8.78 Å². The zero-order valence-electron chi connectivity index (χ0n) is 11.8. The van der Waals surface area contributed by atoms with E-state index in [1.807, 2.05) is 0 Å². The fraction of sp³-hybridized carbons (Fsp3) is 0.462. The summed E-state index contributed by atoms with van der Waals surface area (Å²) in [5.41, 5.74) is 5.34. The summed E-state index contributed by atoms with van der Waals surface area (Å²) in [6, 6.07) is 0.659. The number of methoxy groups -OCH3 is 2. The van der Waals surface area contributed by atoms with Crippen LogP contribution in [0.15, 0.2) is 12.1 Å². The Balaban J connectivity index is 3.24. The normalized spacial score (nSPS) is 12.7. The Bertz CT molecular complexity index is 525. The first-order valence-corrected chi connectivity index (χ1v) is 6.40. The fourth-order valence-electron chi connectivity index (χ4n) is 1.69. The summed E-state index contributed by atoms with van der Waals surface area (Å²) in [4.78, 5) is 11.3. The number of esters is 1. The molecule has 0 aliphatic rings. The van der Waals surface area contributed by atoms with Gasteiger partial charge in [-0.25, -0.2) is 4.79 Å². The van der Waals surface area contributed by atoms with Crippen LogP contribution in [0.2, 0.25) is 5.02 Å². The highest BCUT2D eigenvalue weighted by molar-refractivity contribution is 6.33. The minimum Gasteiger partial charge on any atom is -0.493 e. The largest absolute Gasteiger partial charge is 0.493 e. The number of benzene rings is 1. The molecule has 0 spiro atoms. The summed E-state index contributed by atoms with van der Waals surface area (Å²) >= 11 is 6.01. The van der Waals surface area contributed by atoms with Crippen LogP contribution in [0.5, 0.6) is 11.5 Å². The topological polar surface area (TPSA) is 70.8 Å². The second-order valence-corrected chi connectivity index (χ2v) is 4.40. The fourth-order valence-corrected chi connectivity index (χ4v) is 2.05. The third kappa shape index (κ3) is 3.36. The van der Waals surface area contributed by atoms with Gasteiger partial charge in [0, 0.05) is 0 Å². The van der Waals surface area contributed by atoms with Gasteiger partial charge in [0.2, 0.25) is 0 Å². The van der Waals surface area contributed by atoms with Gasteiger partial charge in [-0.3, -0.25) is 0 Å². The lowest BCUT2D eigenvalue weighted by Gasteiger charge is -2.23. The summed E-state index contributed by atoms with van der Waals surface area (Å²) in [7, 11) is 2.68. The maximum absolute atomic E-state index is 14.0. The van der Waals surface area contributed by atoms with E-state index in [0.29, 0.717) is 0 Å². The van der Waals surface area contributed by atoms with E-state index >= 15 is 0 Å². The summed E-state index contributed by atoms with van der Waals surface area (Å²) in [5.74, 6) is -5.30. The molecule has 1 aromatic rings. The molecule has 0 saturated heterocycles. The van der Waals surface area contributed by atoms with Crippen LogP contribution >= 0.6 is 11.6 Å². The molecule has 5 nitrogen and oxygen atoms in total. The van der Waals surface area contributed by atoms with Crippen molar-refractivity contribution in [3.8, 4) is 11.5 Å².